The lowest BCUT2D eigenvalue weighted by molar-refractivity contribution is -0.229. The van der Waals surface area contributed by atoms with E-state index in [4.69, 9.17) is 14.7 Å². The maximum Gasteiger partial charge on any atom is 0.264 e. The number of benzene rings is 2. The summed E-state index contributed by atoms with van der Waals surface area (Å²) in [5, 5.41) is 26.3. The zero-order valence-corrected chi connectivity index (χ0v) is 18.7. The number of aliphatic hydroxyl groups excluding tert-OH is 2. The van der Waals surface area contributed by atoms with Crippen LogP contribution in [0.1, 0.15) is 27.7 Å². The Kier molecular flexibility index (Phi) is 6.67. The van der Waals surface area contributed by atoms with E-state index in [2.05, 4.69) is 30.8 Å². The average molecular weight is 428 g/mol. The molecule has 5 atom stereocenters. The molecule has 1 saturated heterocycles. The first-order valence-corrected chi connectivity index (χ1v) is 12.0. The second-order valence-electron chi connectivity index (χ2n) is 8.67. The van der Waals surface area contributed by atoms with Crippen LogP contribution in [0.4, 0.5) is 0 Å². The predicted octanol–water partition coefficient (Wildman–Crippen LogP) is 2.71. The van der Waals surface area contributed by atoms with Gasteiger partial charge < -0.3 is 19.4 Å². The summed E-state index contributed by atoms with van der Waals surface area (Å²) in [7, 11) is -2.99. The molecule has 1 heterocycles. The number of aliphatic hydroxyl groups is 2. The molecule has 30 heavy (non-hydrogen) atoms. The molecule has 0 aromatic heterocycles. The lowest BCUT2D eigenvalue weighted by Crippen LogP contribution is -2.70. The summed E-state index contributed by atoms with van der Waals surface area (Å²) in [6.45, 7) is 8.04. The molecule has 8 heteroatoms. The van der Waals surface area contributed by atoms with Gasteiger partial charge in [-0.05, 0) is 27.9 Å². The van der Waals surface area contributed by atoms with Crippen LogP contribution in [-0.2, 0) is 9.16 Å². The third-order valence-corrected chi connectivity index (χ3v) is 10.7. The third-order valence-electron chi connectivity index (χ3n) is 5.70. The maximum absolute atomic E-state index is 10.6. The van der Waals surface area contributed by atoms with Crippen LogP contribution in [0.5, 0.6) is 0 Å². The summed E-state index contributed by atoms with van der Waals surface area (Å²) in [4.78, 5) is 2.87. The Balaban J connectivity index is 2.19. The highest BCUT2D eigenvalue weighted by Crippen LogP contribution is 2.39. The van der Waals surface area contributed by atoms with Crippen molar-refractivity contribution in [3.63, 3.8) is 0 Å². The fourth-order valence-electron chi connectivity index (χ4n) is 4.16. The first-order chi connectivity index (χ1) is 14.2. The van der Waals surface area contributed by atoms with E-state index in [1.54, 1.807) is 6.92 Å². The molecule has 0 amide bonds. The van der Waals surface area contributed by atoms with Crippen molar-refractivity contribution in [2.75, 3.05) is 0 Å². The average Bonchev–Trinajstić information content (AvgIpc) is 2.73. The molecule has 1 aliphatic rings. The number of azide groups is 1. The molecule has 0 spiro atoms. The van der Waals surface area contributed by atoms with Crippen molar-refractivity contribution in [3.05, 3.63) is 71.1 Å². The molecular weight excluding hydrogens is 398 g/mol. The van der Waals surface area contributed by atoms with Crippen LogP contribution in [0.15, 0.2) is 65.8 Å². The molecule has 1 aliphatic heterocycles. The maximum atomic E-state index is 10.6. The van der Waals surface area contributed by atoms with Gasteiger partial charge in [0.1, 0.15) is 12.1 Å². The minimum atomic E-state index is -2.99. The number of rotatable bonds is 5. The zero-order chi connectivity index (χ0) is 21.9. The summed E-state index contributed by atoms with van der Waals surface area (Å²) in [5.74, 6) is 0. The summed E-state index contributed by atoms with van der Waals surface area (Å²) < 4.78 is 12.8. The Bertz CT molecular complexity index is 845. The van der Waals surface area contributed by atoms with Crippen LogP contribution < -0.4 is 10.4 Å². The summed E-state index contributed by atoms with van der Waals surface area (Å²) in [6, 6.07) is 18.9. The monoisotopic (exact) mass is 427 g/mol. The van der Waals surface area contributed by atoms with E-state index in [0.717, 1.165) is 10.4 Å². The zero-order valence-electron chi connectivity index (χ0n) is 17.7. The van der Waals surface area contributed by atoms with Gasteiger partial charge in [0.05, 0.1) is 12.2 Å². The van der Waals surface area contributed by atoms with Crippen molar-refractivity contribution in [2.45, 2.75) is 63.4 Å². The second-order valence-corrected chi connectivity index (χ2v) is 12.9. The van der Waals surface area contributed by atoms with Crippen molar-refractivity contribution in [3.8, 4) is 0 Å². The van der Waals surface area contributed by atoms with Gasteiger partial charge >= 0.3 is 0 Å². The smallest absolute Gasteiger partial charge is 0.264 e. The SMILES string of the molecule is C[C@H]1O[C@@H](O[Si](c2ccccc2)(c2ccccc2)C(C)(C)C)[C@H](N=[N+]=[N-])[C@@H](O)[C@@H]1O. The van der Waals surface area contributed by atoms with Crippen LogP contribution in [0, 0.1) is 0 Å². The van der Waals surface area contributed by atoms with Gasteiger partial charge in [0.2, 0.25) is 0 Å². The first kappa shape index (κ1) is 22.5. The largest absolute Gasteiger partial charge is 0.390 e. The van der Waals surface area contributed by atoms with Gasteiger partial charge in [0.15, 0.2) is 6.29 Å². The van der Waals surface area contributed by atoms with Gasteiger partial charge in [-0.1, -0.05) is 86.5 Å². The number of hydrogen-bond acceptors (Lipinski definition) is 5. The van der Waals surface area contributed by atoms with Crippen molar-refractivity contribution in [1.29, 1.82) is 0 Å². The van der Waals surface area contributed by atoms with Crippen molar-refractivity contribution >= 4 is 18.7 Å². The van der Waals surface area contributed by atoms with E-state index < -0.39 is 39.0 Å². The van der Waals surface area contributed by atoms with Crippen molar-refractivity contribution < 1.29 is 19.4 Å². The van der Waals surface area contributed by atoms with E-state index in [9.17, 15) is 10.2 Å². The molecule has 2 N–H and O–H groups in total. The van der Waals surface area contributed by atoms with Gasteiger partial charge in [0.25, 0.3) is 8.32 Å². The molecular formula is C22H29N3O4Si. The predicted molar refractivity (Wildman–Crippen MR) is 118 cm³/mol. The molecule has 0 bridgehead atoms. The van der Waals surface area contributed by atoms with Gasteiger partial charge in [0, 0.05) is 4.91 Å². The summed E-state index contributed by atoms with van der Waals surface area (Å²) in [6.07, 6.45) is -4.12. The van der Waals surface area contributed by atoms with Gasteiger partial charge in [-0.3, -0.25) is 0 Å². The topological polar surface area (TPSA) is 108 Å². The summed E-state index contributed by atoms with van der Waals surface area (Å²) >= 11 is 0. The Morgan fingerprint density at radius 2 is 1.47 bits per heavy atom. The van der Waals surface area contributed by atoms with Gasteiger partial charge in [-0.2, -0.15) is 0 Å². The lowest BCUT2D eigenvalue weighted by Gasteiger charge is -2.48. The highest BCUT2D eigenvalue weighted by Gasteiger charge is 2.54. The Morgan fingerprint density at radius 3 is 1.90 bits per heavy atom. The number of hydrogen-bond donors (Lipinski definition) is 2. The molecule has 0 unspecified atom stereocenters. The van der Waals surface area contributed by atoms with Crippen LogP contribution in [-0.4, -0.2) is 49.2 Å². The molecule has 2 aromatic rings. The fraction of sp³-hybridized carbons (Fsp3) is 0.455. The van der Waals surface area contributed by atoms with Crippen LogP contribution in [0.3, 0.4) is 0 Å². The highest BCUT2D eigenvalue weighted by atomic mass is 28.4. The molecule has 7 nitrogen and oxygen atoms in total. The molecule has 160 valence electrons. The number of ether oxygens (including phenoxy) is 1. The minimum Gasteiger partial charge on any atom is -0.390 e. The standard InChI is InChI=1S/C22H29N3O4Si/c1-15-19(26)20(27)18(24-25-23)21(28-15)29-30(22(2,3)4,16-11-7-5-8-12-16)17-13-9-6-10-14-17/h5-15,18-21,26-27H,1-4H3/t15-,18-,19-,20-,21+/m1/s1. The Labute approximate surface area is 178 Å². The molecule has 2 aromatic carbocycles. The first-order valence-electron chi connectivity index (χ1n) is 10.1. The van der Waals surface area contributed by atoms with Crippen LogP contribution in [0.25, 0.3) is 10.4 Å². The second kappa shape index (κ2) is 8.89. The van der Waals surface area contributed by atoms with Gasteiger partial charge in [-0.25, -0.2) is 0 Å². The highest BCUT2D eigenvalue weighted by molar-refractivity contribution is 6.99. The van der Waals surface area contributed by atoms with Crippen LogP contribution in [0.2, 0.25) is 5.04 Å². The van der Waals surface area contributed by atoms with E-state index in [1.165, 1.54) is 0 Å². The van der Waals surface area contributed by atoms with Gasteiger partial charge in [-0.15, -0.1) is 0 Å². The fourth-order valence-corrected chi connectivity index (χ4v) is 8.72. The third kappa shape index (κ3) is 4.03. The molecule has 1 fully saturated rings. The Hall–Kier alpha value is -2.19. The molecule has 0 aliphatic carbocycles. The quantitative estimate of drug-likeness (QED) is 0.331. The van der Waals surface area contributed by atoms with Crippen LogP contribution >= 0.6 is 0 Å². The molecule has 0 radical (unpaired) electrons. The minimum absolute atomic E-state index is 0.315. The lowest BCUT2D eigenvalue weighted by atomic mass is 9.98. The Morgan fingerprint density at radius 1 is 0.967 bits per heavy atom. The van der Waals surface area contributed by atoms with E-state index in [0.29, 0.717) is 0 Å². The van der Waals surface area contributed by atoms with E-state index in [1.807, 2.05) is 60.7 Å². The summed E-state index contributed by atoms with van der Waals surface area (Å²) in [5.41, 5.74) is 9.06. The molecule has 0 saturated carbocycles. The van der Waals surface area contributed by atoms with Crippen molar-refractivity contribution in [2.24, 2.45) is 5.11 Å². The van der Waals surface area contributed by atoms with Crippen molar-refractivity contribution in [1.82, 2.24) is 0 Å². The van der Waals surface area contributed by atoms with E-state index in [-0.39, 0.29) is 5.04 Å². The number of nitrogens with zero attached hydrogens (tertiary/aromatic N) is 3. The molecule has 3 rings (SSSR count). The normalized spacial score (nSPS) is 27.3. The van der Waals surface area contributed by atoms with E-state index >= 15 is 0 Å².